The van der Waals surface area contributed by atoms with E-state index < -0.39 is 35.2 Å². The molecule has 2 N–H and O–H groups in total. The maximum Gasteiger partial charge on any atom is 0.326 e. The molecule has 1 aromatic heterocycles. The van der Waals surface area contributed by atoms with Gasteiger partial charge in [0.05, 0.1) is 0 Å². The monoisotopic (exact) mass is 351 g/mol. The van der Waals surface area contributed by atoms with Gasteiger partial charge in [-0.25, -0.2) is 18.3 Å². The molecule has 0 spiro atoms. The number of para-hydroxylation sites is 1. The maximum atomic E-state index is 13.9. The van der Waals surface area contributed by atoms with E-state index in [1.165, 1.54) is 12.3 Å². The van der Waals surface area contributed by atoms with Crippen molar-refractivity contribution in [2.24, 2.45) is 0 Å². The van der Waals surface area contributed by atoms with Gasteiger partial charge in [0.25, 0.3) is 5.91 Å². The highest BCUT2D eigenvalue weighted by Crippen LogP contribution is 2.19. The van der Waals surface area contributed by atoms with Gasteiger partial charge < -0.3 is 10.4 Å². The number of carboxylic acids is 1. The molecular weight excluding hydrogens is 332 g/mol. The number of nitrogens with zero attached hydrogens (tertiary/aromatic N) is 2. The van der Waals surface area contributed by atoms with E-state index >= 15 is 0 Å². The van der Waals surface area contributed by atoms with Gasteiger partial charge in [-0.3, -0.25) is 4.79 Å². The second-order valence-electron chi connectivity index (χ2n) is 5.68. The van der Waals surface area contributed by atoms with E-state index in [2.05, 4.69) is 10.4 Å². The van der Waals surface area contributed by atoms with E-state index in [4.69, 9.17) is 0 Å². The Labute approximate surface area is 143 Å². The van der Waals surface area contributed by atoms with Crippen LogP contribution in [-0.2, 0) is 4.79 Å². The summed E-state index contributed by atoms with van der Waals surface area (Å²) in [7, 11) is 0. The first-order valence-corrected chi connectivity index (χ1v) is 7.89. The number of amides is 1. The summed E-state index contributed by atoms with van der Waals surface area (Å²) < 4.78 is 28.7. The number of carboxylic acid groups (broad SMARTS) is 1. The third-order valence-electron chi connectivity index (χ3n) is 3.73. The summed E-state index contributed by atoms with van der Waals surface area (Å²) in [5, 5.41) is 15.5. The van der Waals surface area contributed by atoms with Crippen LogP contribution in [0.5, 0.6) is 0 Å². The minimum Gasteiger partial charge on any atom is -0.480 e. The molecule has 1 heterocycles. The molecule has 1 unspecified atom stereocenters. The molecule has 0 saturated heterocycles. The number of halogens is 2. The first kappa shape index (κ1) is 18.6. The van der Waals surface area contributed by atoms with Crippen LogP contribution in [0.2, 0.25) is 0 Å². The van der Waals surface area contributed by atoms with Gasteiger partial charge in [-0.2, -0.15) is 5.10 Å². The minimum atomic E-state index is -1.14. The summed E-state index contributed by atoms with van der Waals surface area (Å²) in [5.74, 6) is -3.47. The molecule has 134 valence electrons. The predicted molar refractivity (Wildman–Crippen MR) is 86.6 cm³/mol. The second kappa shape index (κ2) is 7.87. The van der Waals surface area contributed by atoms with E-state index in [0.717, 1.165) is 23.2 Å². The van der Waals surface area contributed by atoms with Crippen molar-refractivity contribution < 1.29 is 23.5 Å². The zero-order chi connectivity index (χ0) is 18.6. The molecule has 0 aliphatic carbocycles. The van der Waals surface area contributed by atoms with Gasteiger partial charge >= 0.3 is 5.97 Å². The van der Waals surface area contributed by atoms with Crippen LogP contribution in [0.15, 0.2) is 24.4 Å². The molecule has 8 heteroatoms. The second-order valence-corrected chi connectivity index (χ2v) is 5.68. The number of carbonyl (C=O) groups is 2. The number of aliphatic carboxylic acids is 1. The predicted octanol–water partition coefficient (Wildman–Crippen LogP) is 2.83. The molecule has 0 bridgehead atoms. The Kier molecular flexibility index (Phi) is 5.84. The largest absolute Gasteiger partial charge is 0.480 e. The fourth-order valence-corrected chi connectivity index (χ4v) is 2.40. The van der Waals surface area contributed by atoms with Crippen LogP contribution in [0.4, 0.5) is 8.78 Å². The minimum absolute atomic E-state index is 0.0783. The summed E-state index contributed by atoms with van der Waals surface area (Å²) >= 11 is 0. The number of rotatable bonds is 7. The van der Waals surface area contributed by atoms with Crippen molar-refractivity contribution in [3.05, 3.63) is 47.3 Å². The first-order valence-electron chi connectivity index (χ1n) is 7.89. The third-order valence-corrected chi connectivity index (χ3v) is 3.73. The smallest absolute Gasteiger partial charge is 0.326 e. The van der Waals surface area contributed by atoms with Crippen molar-refractivity contribution in [1.82, 2.24) is 15.1 Å². The highest BCUT2D eigenvalue weighted by molar-refractivity contribution is 5.96. The lowest BCUT2D eigenvalue weighted by atomic mass is 10.1. The van der Waals surface area contributed by atoms with Crippen LogP contribution in [0.25, 0.3) is 5.69 Å². The zero-order valence-electron chi connectivity index (χ0n) is 13.9. The molecule has 2 rings (SSSR count). The first-order chi connectivity index (χ1) is 11.8. The highest BCUT2D eigenvalue weighted by atomic mass is 19.1. The molecular formula is C17H19F2N3O3. The molecule has 25 heavy (non-hydrogen) atoms. The van der Waals surface area contributed by atoms with Crippen LogP contribution in [0.1, 0.15) is 42.2 Å². The number of nitrogens with one attached hydrogen (secondary N) is 1. The summed E-state index contributed by atoms with van der Waals surface area (Å²) in [6.45, 7) is 3.47. The van der Waals surface area contributed by atoms with Gasteiger partial charge in [-0.1, -0.05) is 25.8 Å². The average Bonchev–Trinajstić information content (AvgIpc) is 2.92. The van der Waals surface area contributed by atoms with E-state index in [9.17, 15) is 23.5 Å². The molecule has 1 aromatic carbocycles. The highest BCUT2D eigenvalue weighted by Gasteiger charge is 2.24. The maximum absolute atomic E-state index is 13.9. The summed E-state index contributed by atoms with van der Waals surface area (Å²) in [6, 6.07) is 2.35. The van der Waals surface area contributed by atoms with Crippen LogP contribution in [0, 0.1) is 18.6 Å². The molecule has 0 fully saturated rings. The lowest BCUT2D eigenvalue weighted by molar-refractivity contribution is -0.139. The van der Waals surface area contributed by atoms with Crippen molar-refractivity contribution in [3.63, 3.8) is 0 Å². The zero-order valence-corrected chi connectivity index (χ0v) is 13.9. The van der Waals surface area contributed by atoms with Gasteiger partial charge in [0, 0.05) is 11.8 Å². The van der Waals surface area contributed by atoms with Crippen molar-refractivity contribution in [3.8, 4) is 5.69 Å². The molecule has 6 nitrogen and oxygen atoms in total. The quantitative estimate of drug-likeness (QED) is 0.803. The Morgan fingerprint density at radius 3 is 2.52 bits per heavy atom. The number of unbranched alkanes of at least 4 members (excludes halogenated alkanes) is 1. The van der Waals surface area contributed by atoms with E-state index in [-0.39, 0.29) is 5.69 Å². The van der Waals surface area contributed by atoms with Gasteiger partial charge in [-0.05, 0) is 25.5 Å². The topological polar surface area (TPSA) is 84.2 Å². The van der Waals surface area contributed by atoms with E-state index in [1.807, 2.05) is 6.92 Å². The Morgan fingerprint density at radius 1 is 1.32 bits per heavy atom. The van der Waals surface area contributed by atoms with Crippen LogP contribution in [-0.4, -0.2) is 32.8 Å². The van der Waals surface area contributed by atoms with E-state index in [0.29, 0.717) is 18.4 Å². The van der Waals surface area contributed by atoms with Crippen LogP contribution >= 0.6 is 0 Å². The summed E-state index contributed by atoms with van der Waals surface area (Å²) in [6.07, 6.45) is 3.04. The van der Waals surface area contributed by atoms with E-state index in [1.54, 1.807) is 6.92 Å². The van der Waals surface area contributed by atoms with Crippen molar-refractivity contribution in [2.75, 3.05) is 0 Å². The molecule has 0 radical (unpaired) electrons. The molecule has 1 atom stereocenters. The van der Waals surface area contributed by atoms with Gasteiger partial charge in [0.2, 0.25) is 0 Å². The Bertz CT molecular complexity index is 769. The van der Waals surface area contributed by atoms with Crippen molar-refractivity contribution in [1.29, 1.82) is 0 Å². The average molecular weight is 351 g/mol. The lowest BCUT2D eigenvalue weighted by Gasteiger charge is -2.13. The summed E-state index contributed by atoms with van der Waals surface area (Å²) in [4.78, 5) is 23.6. The Balaban J connectivity index is 2.27. The normalized spacial score (nSPS) is 12.0. The third kappa shape index (κ3) is 4.20. The summed E-state index contributed by atoms with van der Waals surface area (Å²) in [5.41, 5.74) is -0.101. The molecule has 2 aromatic rings. The van der Waals surface area contributed by atoms with Gasteiger partial charge in [0.1, 0.15) is 11.7 Å². The van der Waals surface area contributed by atoms with Gasteiger partial charge in [-0.15, -0.1) is 0 Å². The molecule has 1 amide bonds. The fraction of sp³-hybridized carbons (Fsp3) is 0.353. The number of aryl methyl sites for hydroxylation is 1. The van der Waals surface area contributed by atoms with Crippen molar-refractivity contribution >= 4 is 11.9 Å². The lowest BCUT2D eigenvalue weighted by Crippen LogP contribution is -2.41. The van der Waals surface area contributed by atoms with Crippen molar-refractivity contribution in [2.45, 2.75) is 39.2 Å². The standard InChI is InChI=1S/C17H19F2N3O3/c1-3-4-8-13(17(24)25)20-16(23)14-10(2)9-22(21-14)15-11(18)6-5-7-12(15)19/h5-7,9,13H,3-4,8H2,1-2H3,(H,20,23)(H,24,25). The molecule has 0 aliphatic heterocycles. The van der Waals surface area contributed by atoms with Crippen LogP contribution < -0.4 is 5.32 Å². The Hall–Kier alpha value is -2.77. The van der Waals surface area contributed by atoms with Crippen LogP contribution in [0.3, 0.4) is 0 Å². The number of hydrogen-bond acceptors (Lipinski definition) is 3. The Morgan fingerprint density at radius 2 is 1.96 bits per heavy atom. The van der Waals surface area contributed by atoms with Gasteiger partial charge in [0.15, 0.2) is 17.3 Å². The molecule has 0 saturated carbocycles. The number of benzene rings is 1. The molecule has 0 aliphatic rings. The number of hydrogen-bond donors (Lipinski definition) is 2. The number of carbonyl (C=O) groups excluding carboxylic acids is 1. The SMILES string of the molecule is CCCCC(NC(=O)c1nn(-c2c(F)cccc2F)cc1C)C(=O)O. The number of aromatic nitrogens is 2. The fourth-order valence-electron chi connectivity index (χ4n) is 2.40.